The van der Waals surface area contributed by atoms with E-state index < -0.39 is 24.2 Å². The topological polar surface area (TPSA) is 13.1 Å². The Bertz CT molecular complexity index is 3580. The molecule has 0 aliphatic carbocycles. The van der Waals surface area contributed by atoms with Gasteiger partial charge in [-0.2, -0.15) is 0 Å². The van der Waals surface area contributed by atoms with Crippen molar-refractivity contribution in [3.63, 3.8) is 0 Å². The van der Waals surface area contributed by atoms with E-state index in [1.165, 1.54) is 0 Å². The Morgan fingerprint density at radius 1 is 0.353 bits per heavy atom. The number of hydrogen-bond acceptors (Lipinski definition) is 1. The van der Waals surface area contributed by atoms with Gasteiger partial charge in [-0.15, -0.1) is 0 Å². The molecule has 0 bridgehead atoms. The van der Waals surface area contributed by atoms with Crippen LogP contribution in [0.4, 0.5) is 0 Å². The van der Waals surface area contributed by atoms with Crippen LogP contribution in [-0.4, -0.2) is 0 Å². The van der Waals surface area contributed by atoms with Gasteiger partial charge in [-0.05, 0) is 118 Å². The van der Waals surface area contributed by atoms with Crippen LogP contribution in [0, 0.1) is 0 Å². The number of furan rings is 1. The fraction of sp³-hybridized carbons (Fsp3) is 0. The van der Waals surface area contributed by atoms with Crippen LogP contribution in [0.5, 0.6) is 0 Å². The van der Waals surface area contributed by atoms with E-state index >= 15 is 0 Å². The van der Waals surface area contributed by atoms with Crippen LogP contribution in [0.3, 0.4) is 0 Å². The molecule has 236 valence electrons. The second-order valence-corrected chi connectivity index (χ2v) is 13.0. The molecule has 1 aromatic heterocycles. The second kappa shape index (κ2) is 10.9. The summed E-state index contributed by atoms with van der Waals surface area (Å²) in [6.45, 7) is 0. The highest BCUT2D eigenvalue weighted by molar-refractivity contribution is 6.26. The van der Waals surface area contributed by atoms with Gasteiger partial charge in [0.2, 0.25) is 0 Å². The largest absolute Gasteiger partial charge is 0.456 e. The van der Waals surface area contributed by atoms with Gasteiger partial charge in [-0.3, -0.25) is 0 Å². The van der Waals surface area contributed by atoms with E-state index in [4.69, 9.17) is 9.90 Å². The van der Waals surface area contributed by atoms with Crippen LogP contribution < -0.4 is 0 Å². The third kappa shape index (κ3) is 4.22. The van der Waals surface area contributed by atoms with Crippen LogP contribution >= 0.6 is 0 Å². The smallest absolute Gasteiger partial charge is 0.136 e. The molecule has 0 radical (unpaired) electrons. The summed E-state index contributed by atoms with van der Waals surface area (Å²) in [7, 11) is 0. The summed E-state index contributed by atoms with van der Waals surface area (Å²) >= 11 is 0. The van der Waals surface area contributed by atoms with Gasteiger partial charge in [0.05, 0.1) is 11.0 Å². The van der Waals surface area contributed by atoms with E-state index in [9.17, 15) is 5.48 Å². The number of fused-ring (bicyclic) bond motifs is 9. The Hall–Kier alpha value is -6.70. The summed E-state index contributed by atoms with van der Waals surface area (Å²) in [6.07, 6.45) is 0. The molecule has 1 nitrogen and oxygen atoms in total. The SMILES string of the molecule is [2H]c1c([2H])c([2H])c2c(-c3cc(-c4cccc5oc6ccc7ccccc7c6c45)cc4ccccc34)c3c([2H])c([2H])c([2H])c([2H])c3c(-c3ccc4ccccc4c3)c2c1[2H]. The van der Waals surface area contributed by atoms with Gasteiger partial charge in [0.1, 0.15) is 11.2 Å². The van der Waals surface area contributed by atoms with Gasteiger partial charge in [0.15, 0.2) is 0 Å². The lowest BCUT2D eigenvalue weighted by molar-refractivity contribution is 0.669. The Balaban J connectivity index is 1.36. The van der Waals surface area contributed by atoms with Crippen molar-refractivity contribution in [3.8, 4) is 33.4 Å². The molecule has 0 aliphatic heterocycles. The van der Waals surface area contributed by atoms with Crippen molar-refractivity contribution in [2.45, 2.75) is 0 Å². The molecule has 1 heteroatoms. The lowest BCUT2D eigenvalue weighted by atomic mass is 9.83. The normalized spacial score (nSPS) is 14.1. The van der Waals surface area contributed by atoms with Crippen molar-refractivity contribution in [2.24, 2.45) is 0 Å². The highest BCUT2D eigenvalue weighted by atomic mass is 16.3. The molecular formula is C50H30O. The maximum Gasteiger partial charge on any atom is 0.136 e. The van der Waals surface area contributed by atoms with Gasteiger partial charge < -0.3 is 4.42 Å². The van der Waals surface area contributed by atoms with Crippen molar-refractivity contribution in [2.75, 3.05) is 0 Å². The van der Waals surface area contributed by atoms with Crippen LogP contribution in [-0.2, 0) is 0 Å². The second-order valence-electron chi connectivity index (χ2n) is 13.0. The molecule has 0 atom stereocenters. The van der Waals surface area contributed by atoms with Crippen molar-refractivity contribution in [1.82, 2.24) is 0 Å². The minimum atomic E-state index is -0.435. The van der Waals surface area contributed by atoms with E-state index in [-0.39, 0.29) is 45.7 Å². The molecule has 0 fully saturated rings. The van der Waals surface area contributed by atoms with Gasteiger partial charge in [0.25, 0.3) is 0 Å². The van der Waals surface area contributed by atoms with E-state index in [0.717, 1.165) is 59.8 Å². The molecule has 0 unspecified atom stereocenters. The molecule has 0 N–H and O–H groups in total. The standard InChI is InChI=1S/C50H30O/c1-2-14-33-28-35(25-24-31(33)12-1)47-40-18-7-9-20-42(40)48(43-21-10-8-19-41(43)47)44-30-36(29-34-15-4-5-16-37(34)44)39-22-11-23-45-50(39)49-38-17-6-3-13-32(38)26-27-46(49)51-45/h1-30H/i7D,8D,9D,10D,18D,19D,20D,21D. The first-order chi connectivity index (χ1) is 28.6. The zero-order chi connectivity index (χ0) is 40.4. The molecule has 11 aromatic rings. The first-order valence-electron chi connectivity index (χ1n) is 20.9. The first-order valence-corrected chi connectivity index (χ1v) is 16.9. The molecule has 51 heavy (non-hydrogen) atoms. The molecular weight excluding hydrogens is 617 g/mol. The Labute approximate surface area is 305 Å². The monoisotopic (exact) mass is 654 g/mol. The molecule has 0 spiro atoms. The fourth-order valence-electron chi connectivity index (χ4n) is 8.03. The highest BCUT2D eigenvalue weighted by Crippen LogP contribution is 2.48. The third-order valence-corrected chi connectivity index (χ3v) is 10.2. The quantitative estimate of drug-likeness (QED) is 0.173. The van der Waals surface area contributed by atoms with Crippen LogP contribution in [0.1, 0.15) is 11.0 Å². The predicted molar refractivity (Wildman–Crippen MR) is 218 cm³/mol. The summed E-state index contributed by atoms with van der Waals surface area (Å²) in [5.74, 6) is 0. The molecule has 0 saturated heterocycles. The van der Waals surface area contributed by atoms with Crippen molar-refractivity contribution < 1.29 is 15.4 Å². The summed E-state index contributed by atoms with van der Waals surface area (Å²) < 4.78 is 80.4. The van der Waals surface area contributed by atoms with E-state index in [0.29, 0.717) is 27.8 Å². The summed E-state index contributed by atoms with van der Waals surface area (Å²) in [5.41, 5.74) is 4.93. The summed E-state index contributed by atoms with van der Waals surface area (Å²) in [6, 6.07) is 40.6. The molecule has 10 aromatic carbocycles. The van der Waals surface area contributed by atoms with Gasteiger partial charge >= 0.3 is 0 Å². The van der Waals surface area contributed by atoms with Crippen LogP contribution in [0.15, 0.2) is 186 Å². The molecule has 1 heterocycles. The van der Waals surface area contributed by atoms with Gasteiger partial charge in [-0.25, -0.2) is 0 Å². The average Bonchev–Trinajstić information content (AvgIpc) is 3.67. The molecule has 11 rings (SSSR count). The summed E-state index contributed by atoms with van der Waals surface area (Å²) in [5, 5.41) is 8.18. The Morgan fingerprint density at radius 2 is 0.941 bits per heavy atom. The van der Waals surface area contributed by atoms with Gasteiger partial charge in [-0.1, -0.05) is 151 Å². The predicted octanol–water partition coefficient (Wildman–Crippen LogP) is 14.4. The molecule has 0 aliphatic rings. The highest BCUT2D eigenvalue weighted by Gasteiger charge is 2.21. The Morgan fingerprint density at radius 3 is 1.71 bits per heavy atom. The average molecular weight is 655 g/mol. The van der Waals surface area contributed by atoms with Gasteiger partial charge in [0, 0.05) is 10.8 Å². The Kier molecular flexibility index (Phi) is 4.57. The summed E-state index contributed by atoms with van der Waals surface area (Å²) in [4.78, 5) is 0. The van der Waals surface area contributed by atoms with Crippen molar-refractivity contribution in [3.05, 3.63) is 182 Å². The van der Waals surface area contributed by atoms with E-state index in [1.807, 2.05) is 109 Å². The number of benzene rings is 10. The van der Waals surface area contributed by atoms with Crippen LogP contribution in [0.25, 0.3) is 109 Å². The maximum absolute atomic E-state index is 9.59. The fourth-order valence-corrected chi connectivity index (χ4v) is 8.03. The maximum atomic E-state index is 9.59. The van der Waals surface area contributed by atoms with E-state index in [2.05, 4.69) is 24.3 Å². The van der Waals surface area contributed by atoms with E-state index in [1.54, 1.807) is 0 Å². The molecule has 0 amide bonds. The third-order valence-electron chi connectivity index (χ3n) is 10.2. The zero-order valence-electron chi connectivity index (χ0n) is 35.1. The lowest BCUT2D eigenvalue weighted by Gasteiger charge is -2.20. The zero-order valence-corrected chi connectivity index (χ0v) is 27.1. The van der Waals surface area contributed by atoms with Crippen LogP contribution in [0.2, 0.25) is 0 Å². The minimum absolute atomic E-state index is 0.178. The number of rotatable bonds is 3. The number of hydrogen-bond donors (Lipinski definition) is 0. The minimum Gasteiger partial charge on any atom is -0.456 e. The lowest BCUT2D eigenvalue weighted by Crippen LogP contribution is -1.92. The van der Waals surface area contributed by atoms with Crippen molar-refractivity contribution in [1.29, 1.82) is 0 Å². The molecule has 0 saturated carbocycles. The first kappa shape index (κ1) is 21.4. The van der Waals surface area contributed by atoms with Crippen molar-refractivity contribution >= 4 is 75.8 Å².